The number of carbonyl (C=O) groups is 1. The van der Waals surface area contributed by atoms with Gasteiger partial charge in [-0.05, 0) is 51.0 Å². The molecule has 2 unspecified atom stereocenters. The average Bonchev–Trinajstić information content (AvgIpc) is 3.28. The highest BCUT2D eigenvalue weighted by atomic mass is 32.2. The van der Waals surface area contributed by atoms with E-state index >= 15 is 0 Å². The predicted molar refractivity (Wildman–Crippen MR) is 123 cm³/mol. The zero-order valence-corrected chi connectivity index (χ0v) is 19.6. The van der Waals surface area contributed by atoms with E-state index in [0.717, 1.165) is 34.1 Å². The minimum atomic E-state index is -0.121. The summed E-state index contributed by atoms with van der Waals surface area (Å²) in [5, 5.41) is 8.35. The molecule has 31 heavy (non-hydrogen) atoms. The fraction of sp³-hybridized carbons (Fsp3) is 0.435. The summed E-state index contributed by atoms with van der Waals surface area (Å²) in [4.78, 5) is 26.0. The van der Waals surface area contributed by atoms with Crippen molar-refractivity contribution < 1.29 is 4.79 Å². The molecule has 0 aliphatic carbocycles. The highest BCUT2D eigenvalue weighted by Gasteiger charge is 2.26. The molecule has 2 heterocycles. The summed E-state index contributed by atoms with van der Waals surface area (Å²) >= 11 is 1.53. The Morgan fingerprint density at radius 1 is 1.13 bits per heavy atom. The van der Waals surface area contributed by atoms with Crippen molar-refractivity contribution in [1.29, 1.82) is 0 Å². The van der Waals surface area contributed by atoms with Crippen molar-refractivity contribution in [2.75, 3.05) is 6.26 Å². The summed E-state index contributed by atoms with van der Waals surface area (Å²) < 4.78 is 1.82. The van der Waals surface area contributed by atoms with Crippen LogP contribution in [0.3, 0.4) is 0 Å². The van der Waals surface area contributed by atoms with Crippen LogP contribution in [0.1, 0.15) is 53.9 Å². The highest BCUT2D eigenvalue weighted by molar-refractivity contribution is 7.98. The molecule has 8 heteroatoms. The summed E-state index contributed by atoms with van der Waals surface area (Å²) in [6, 6.07) is 8.12. The lowest BCUT2D eigenvalue weighted by molar-refractivity contribution is -0.122. The summed E-state index contributed by atoms with van der Waals surface area (Å²) in [6.45, 7) is 8.10. The van der Waals surface area contributed by atoms with E-state index in [0.29, 0.717) is 12.8 Å². The number of hydrogen-bond acceptors (Lipinski definition) is 6. The lowest BCUT2D eigenvalue weighted by Crippen LogP contribution is -2.41. The standard InChI is InChI=1S/C23H30N6OS/c1-6-20(22(29-14-24-13-25-29)18-9-7-15(2)8-10-18)28-21(30)12-11-19-16(3)26-23(31-5)27-17(19)4/h7-10,13-14,20,22H,6,11-12H2,1-5H3,(H,28,30). The van der Waals surface area contributed by atoms with E-state index in [1.807, 2.05) is 24.8 Å². The maximum Gasteiger partial charge on any atom is 0.220 e. The molecule has 0 saturated heterocycles. The second-order valence-electron chi connectivity index (χ2n) is 7.67. The van der Waals surface area contributed by atoms with Crippen molar-refractivity contribution in [3.63, 3.8) is 0 Å². The van der Waals surface area contributed by atoms with Crippen LogP contribution >= 0.6 is 11.8 Å². The van der Waals surface area contributed by atoms with E-state index in [-0.39, 0.29) is 18.0 Å². The molecule has 0 bridgehead atoms. The van der Waals surface area contributed by atoms with Gasteiger partial charge in [-0.2, -0.15) is 5.10 Å². The number of aromatic nitrogens is 5. The van der Waals surface area contributed by atoms with Crippen molar-refractivity contribution in [2.45, 2.75) is 64.2 Å². The van der Waals surface area contributed by atoms with Crippen molar-refractivity contribution in [1.82, 2.24) is 30.0 Å². The van der Waals surface area contributed by atoms with Gasteiger partial charge in [0, 0.05) is 17.8 Å². The van der Waals surface area contributed by atoms with Gasteiger partial charge in [-0.1, -0.05) is 48.5 Å². The van der Waals surface area contributed by atoms with Crippen LogP contribution in [0.5, 0.6) is 0 Å². The number of nitrogens with one attached hydrogen (secondary N) is 1. The van der Waals surface area contributed by atoms with Gasteiger partial charge >= 0.3 is 0 Å². The third kappa shape index (κ3) is 5.70. The fourth-order valence-corrected chi connectivity index (χ4v) is 4.23. The Morgan fingerprint density at radius 3 is 2.35 bits per heavy atom. The van der Waals surface area contributed by atoms with Crippen molar-refractivity contribution in [2.24, 2.45) is 0 Å². The van der Waals surface area contributed by atoms with E-state index in [2.05, 4.69) is 63.5 Å². The molecule has 0 spiro atoms. The van der Waals surface area contributed by atoms with E-state index in [1.54, 1.807) is 6.33 Å². The number of rotatable bonds is 9. The Labute approximate surface area is 188 Å². The van der Waals surface area contributed by atoms with Crippen molar-refractivity contribution in [3.8, 4) is 0 Å². The Morgan fingerprint density at radius 2 is 1.81 bits per heavy atom. The third-order valence-corrected chi connectivity index (χ3v) is 6.04. The molecule has 0 saturated carbocycles. The topological polar surface area (TPSA) is 85.6 Å². The third-order valence-electron chi connectivity index (χ3n) is 5.49. The minimum Gasteiger partial charge on any atom is -0.351 e. The van der Waals surface area contributed by atoms with E-state index < -0.39 is 0 Å². The first-order valence-electron chi connectivity index (χ1n) is 10.5. The quantitative estimate of drug-likeness (QED) is 0.404. The van der Waals surface area contributed by atoms with Gasteiger partial charge in [0.15, 0.2) is 5.16 Å². The number of carbonyl (C=O) groups excluding carboxylic acids is 1. The fourth-order valence-electron chi connectivity index (χ4n) is 3.78. The van der Waals surface area contributed by atoms with Gasteiger partial charge < -0.3 is 5.32 Å². The van der Waals surface area contributed by atoms with Crippen molar-refractivity contribution in [3.05, 3.63) is 65.0 Å². The molecule has 2 aromatic heterocycles. The Hall–Kier alpha value is -2.74. The monoisotopic (exact) mass is 438 g/mol. The zero-order valence-electron chi connectivity index (χ0n) is 18.8. The lowest BCUT2D eigenvalue weighted by Gasteiger charge is -2.28. The van der Waals surface area contributed by atoms with Gasteiger partial charge in [0.25, 0.3) is 0 Å². The Kier molecular flexibility index (Phi) is 7.79. The Bertz CT molecular complexity index is 980. The maximum atomic E-state index is 12.9. The smallest absolute Gasteiger partial charge is 0.220 e. The largest absolute Gasteiger partial charge is 0.351 e. The predicted octanol–water partition coefficient (Wildman–Crippen LogP) is 3.83. The summed E-state index contributed by atoms with van der Waals surface area (Å²) in [7, 11) is 0. The molecule has 164 valence electrons. The maximum absolute atomic E-state index is 12.9. The Balaban J connectivity index is 1.74. The second-order valence-corrected chi connectivity index (χ2v) is 8.45. The molecule has 3 aromatic rings. The van der Waals surface area contributed by atoms with E-state index in [4.69, 9.17) is 0 Å². The molecule has 1 N–H and O–H groups in total. The van der Waals surface area contributed by atoms with Gasteiger partial charge in [0.05, 0.1) is 12.1 Å². The molecule has 3 rings (SSSR count). The van der Waals surface area contributed by atoms with E-state index in [1.165, 1.54) is 23.7 Å². The van der Waals surface area contributed by atoms with Gasteiger partial charge in [0.2, 0.25) is 5.91 Å². The summed E-state index contributed by atoms with van der Waals surface area (Å²) in [5.74, 6) is 0.0109. The number of aryl methyl sites for hydroxylation is 3. The molecule has 0 aliphatic rings. The highest BCUT2D eigenvalue weighted by Crippen LogP contribution is 2.24. The molecule has 2 atom stereocenters. The SMILES string of the molecule is CCC(NC(=O)CCc1c(C)nc(SC)nc1C)C(c1ccc(C)cc1)n1cncn1. The number of thioether (sulfide) groups is 1. The number of benzene rings is 1. The number of amides is 1. The van der Waals surface area contributed by atoms with Crippen LogP contribution in [0.15, 0.2) is 42.1 Å². The molecular formula is C23H30N6OS. The van der Waals surface area contributed by atoms with Crippen molar-refractivity contribution >= 4 is 17.7 Å². The van der Waals surface area contributed by atoms with Crippen LogP contribution < -0.4 is 5.32 Å². The molecule has 0 fully saturated rings. The van der Waals surface area contributed by atoms with Crippen LogP contribution in [0.25, 0.3) is 0 Å². The lowest BCUT2D eigenvalue weighted by atomic mass is 9.96. The van der Waals surface area contributed by atoms with Crippen LogP contribution in [0.4, 0.5) is 0 Å². The van der Waals surface area contributed by atoms with Gasteiger partial charge in [-0.25, -0.2) is 19.6 Å². The summed E-state index contributed by atoms with van der Waals surface area (Å²) in [5.41, 5.74) is 5.22. The number of nitrogens with zero attached hydrogens (tertiary/aromatic N) is 5. The summed E-state index contributed by atoms with van der Waals surface area (Å²) in [6.07, 6.45) is 6.97. The normalized spacial score (nSPS) is 13.1. The molecular weight excluding hydrogens is 408 g/mol. The zero-order chi connectivity index (χ0) is 22.4. The molecule has 1 aromatic carbocycles. The van der Waals surface area contributed by atoms with Crippen LogP contribution in [-0.2, 0) is 11.2 Å². The second kappa shape index (κ2) is 10.5. The van der Waals surface area contributed by atoms with Crippen LogP contribution in [0, 0.1) is 20.8 Å². The first kappa shape index (κ1) is 22.9. The van der Waals surface area contributed by atoms with Gasteiger partial charge in [0.1, 0.15) is 12.7 Å². The molecule has 0 radical (unpaired) electrons. The first-order chi connectivity index (χ1) is 14.9. The minimum absolute atomic E-state index is 0.0109. The van der Waals surface area contributed by atoms with Gasteiger partial charge in [-0.3, -0.25) is 4.79 Å². The molecule has 0 aliphatic heterocycles. The molecule has 1 amide bonds. The number of hydrogen-bond donors (Lipinski definition) is 1. The van der Waals surface area contributed by atoms with Crippen LogP contribution in [-0.4, -0.2) is 42.9 Å². The van der Waals surface area contributed by atoms with E-state index in [9.17, 15) is 4.79 Å². The average molecular weight is 439 g/mol. The molecule has 7 nitrogen and oxygen atoms in total. The van der Waals surface area contributed by atoms with Gasteiger partial charge in [-0.15, -0.1) is 0 Å². The first-order valence-corrected chi connectivity index (χ1v) is 11.7. The van der Waals surface area contributed by atoms with Crippen LogP contribution in [0.2, 0.25) is 0 Å².